The topological polar surface area (TPSA) is 74.8 Å². The summed E-state index contributed by atoms with van der Waals surface area (Å²) in [5.41, 5.74) is 2.26. The van der Waals surface area contributed by atoms with Crippen LogP contribution in [0.4, 0.5) is 0 Å². The van der Waals surface area contributed by atoms with Crippen LogP contribution in [0.15, 0.2) is 30.5 Å². The van der Waals surface area contributed by atoms with Gasteiger partial charge in [-0.05, 0) is 37.1 Å². The van der Waals surface area contributed by atoms with Gasteiger partial charge in [0.25, 0.3) is 5.91 Å². The second-order valence-corrected chi connectivity index (χ2v) is 5.95. The maximum Gasteiger partial charge on any atom is 0.254 e. The van der Waals surface area contributed by atoms with Crippen molar-refractivity contribution in [2.45, 2.75) is 24.8 Å². The lowest BCUT2D eigenvalue weighted by atomic mass is 10.1. The lowest BCUT2D eigenvalue weighted by Gasteiger charge is -2.38. The van der Waals surface area contributed by atoms with Gasteiger partial charge in [0.1, 0.15) is 0 Å². The van der Waals surface area contributed by atoms with Gasteiger partial charge in [-0.1, -0.05) is 5.21 Å². The molecule has 0 spiro atoms. The molecule has 0 unspecified atom stereocenters. The summed E-state index contributed by atoms with van der Waals surface area (Å²) < 4.78 is 1.89. The van der Waals surface area contributed by atoms with Gasteiger partial charge >= 0.3 is 0 Å². The average Bonchev–Trinajstić information content (AvgIpc) is 3.25. The molecule has 2 heterocycles. The summed E-state index contributed by atoms with van der Waals surface area (Å²) >= 11 is 0. The van der Waals surface area contributed by atoms with Crippen molar-refractivity contribution in [3.63, 3.8) is 0 Å². The number of carbonyl (C=O) groups excluding carboxylic acids is 1. The van der Waals surface area contributed by atoms with E-state index in [1.807, 2.05) is 10.9 Å². The molecule has 0 N–H and O–H groups in total. The van der Waals surface area contributed by atoms with Gasteiger partial charge < -0.3 is 4.90 Å². The zero-order chi connectivity index (χ0) is 15.1. The van der Waals surface area contributed by atoms with E-state index in [1.165, 1.54) is 12.8 Å². The Kier molecular flexibility index (Phi) is 2.93. The van der Waals surface area contributed by atoms with Gasteiger partial charge in [0.05, 0.1) is 23.4 Å². The maximum atomic E-state index is 12.3. The number of rotatable bonds is 3. The summed E-state index contributed by atoms with van der Waals surface area (Å²) in [7, 11) is 0. The molecule has 2 aromatic rings. The van der Waals surface area contributed by atoms with Gasteiger partial charge in [-0.15, -0.1) is 5.10 Å². The maximum absolute atomic E-state index is 12.3. The second kappa shape index (κ2) is 4.95. The Morgan fingerprint density at radius 3 is 2.59 bits per heavy atom. The van der Waals surface area contributed by atoms with Crippen LogP contribution >= 0.6 is 0 Å². The van der Waals surface area contributed by atoms with Crippen LogP contribution < -0.4 is 0 Å². The minimum atomic E-state index is 0.00303. The highest BCUT2D eigenvalue weighted by Gasteiger charge is 2.34. The Bertz CT molecular complexity index is 748. The molecule has 1 saturated carbocycles. The molecule has 1 amide bonds. The van der Waals surface area contributed by atoms with E-state index < -0.39 is 0 Å². The number of carbonyl (C=O) groups is 1. The molecule has 0 radical (unpaired) electrons. The van der Waals surface area contributed by atoms with Crippen molar-refractivity contribution in [1.82, 2.24) is 19.9 Å². The Labute approximate surface area is 128 Å². The molecular weight excluding hydrogens is 278 g/mol. The first-order chi connectivity index (χ1) is 10.7. The van der Waals surface area contributed by atoms with Crippen molar-refractivity contribution >= 4 is 5.91 Å². The summed E-state index contributed by atoms with van der Waals surface area (Å²) in [6, 6.07) is 9.02. The highest BCUT2D eigenvalue weighted by atomic mass is 16.2. The summed E-state index contributed by atoms with van der Waals surface area (Å²) in [6.45, 7) is 1.32. The summed E-state index contributed by atoms with van der Waals surface area (Å²) in [6.07, 6.45) is 4.45. The summed E-state index contributed by atoms with van der Waals surface area (Å²) in [4.78, 5) is 14.1. The molecule has 6 heteroatoms. The van der Waals surface area contributed by atoms with E-state index in [9.17, 15) is 4.79 Å². The molecule has 4 rings (SSSR count). The highest BCUT2D eigenvalue weighted by Crippen LogP contribution is 2.39. The SMILES string of the molecule is N#Cc1ccc(C(=O)N2CC(n3cc(C4CC4)nn3)C2)cc1. The summed E-state index contributed by atoms with van der Waals surface area (Å²) in [5.74, 6) is 0.605. The van der Waals surface area contributed by atoms with Gasteiger partial charge in [0, 0.05) is 30.8 Å². The third kappa shape index (κ3) is 2.25. The Balaban J connectivity index is 1.39. The van der Waals surface area contributed by atoms with Crippen LogP contribution in [0.25, 0.3) is 0 Å². The molecule has 2 fully saturated rings. The zero-order valence-corrected chi connectivity index (χ0v) is 12.0. The van der Waals surface area contributed by atoms with Crippen LogP contribution in [0.2, 0.25) is 0 Å². The van der Waals surface area contributed by atoms with E-state index >= 15 is 0 Å². The van der Waals surface area contributed by atoms with Crippen LogP contribution in [0.3, 0.4) is 0 Å². The van der Waals surface area contributed by atoms with Crippen molar-refractivity contribution in [3.05, 3.63) is 47.3 Å². The van der Waals surface area contributed by atoms with Crippen LogP contribution in [0.1, 0.15) is 46.4 Å². The first-order valence-electron chi connectivity index (χ1n) is 7.46. The van der Waals surface area contributed by atoms with Gasteiger partial charge in [-0.3, -0.25) is 4.79 Å². The minimum absolute atomic E-state index is 0.00303. The average molecular weight is 293 g/mol. The number of likely N-dealkylation sites (tertiary alicyclic amines) is 1. The fourth-order valence-electron chi connectivity index (χ4n) is 2.69. The normalized spacial score (nSPS) is 17.9. The number of hydrogen-bond donors (Lipinski definition) is 0. The van der Waals surface area contributed by atoms with Crippen LogP contribution in [-0.2, 0) is 0 Å². The van der Waals surface area contributed by atoms with E-state index in [-0.39, 0.29) is 11.9 Å². The number of aromatic nitrogens is 3. The van der Waals surface area contributed by atoms with Crippen molar-refractivity contribution in [1.29, 1.82) is 5.26 Å². The van der Waals surface area contributed by atoms with Crippen molar-refractivity contribution in [2.75, 3.05) is 13.1 Å². The van der Waals surface area contributed by atoms with Crippen LogP contribution in [0, 0.1) is 11.3 Å². The van der Waals surface area contributed by atoms with E-state index in [1.54, 1.807) is 29.2 Å². The molecule has 0 atom stereocenters. The molecule has 1 aromatic heterocycles. The standard InChI is InChI=1S/C16H15N5O/c17-7-11-1-3-13(4-2-11)16(22)20-8-14(9-20)21-10-15(18-19-21)12-5-6-12/h1-4,10,12,14H,5-6,8-9H2. The summed E-state index contributed by atoms with van der Waals surface area (Å²) in [5, 5.41) is 17.2. The van der Waals surface area contributed by atoms with Crippen molar-refractivity contribution < 1.29 is 4.79 Å². The number of nitrogens with zero attached hydrogens (tertiary/aromatic N) is 5. The van der Waals surface area contributed by atoms with Crippen LogP contribution in [-0.4, -0.2) is 38.9 Å². The van der Waals surface area contributed by atoms with Crippen LogP contribution in [0.5, 0.6) is 0 Å². The van der Waals surface area contributed by atoms with Gasteiger partial charge in [0.2, 0.25) is 0 Å². The quantitative estimate of drug-likeness (QED) is 0.863. The van der Waals surface area contributed by atoms with Crippen molar-refractivity contribution in [2.24, 2.45) is 0 Å². The van der Waals surface area contributed by atoms with Crippen molar-refractivity contribution in [3.8, 4) is 6.07 Å². The molecule has 1 aromatic carbocycles. The lowest BCUT2D eigenvalue weighted by Crippen LogP contribution is -2.50. The number of benzene rings is 1. The van der Waals surface area contributed by atoms with Gasteiger partial charge in [0.15, 0.2) is 0 Å². The molecule has 6 nitrogen and oxygen atoms in total. The van der Waals surface area contributed by atoms with E-state index in [0.29, 0.717) is 30.1 Å². The number of nitriles is 1. The van der Waals surface area contributed by atoms with Gasteiger partial charge in [-0.25, -0.2) is 4.68 Å². The molecule has 0 bridgehead atoms. The van der Waals surface area contributed by atoms with E-state index in [0.717, 1.165) is 5.69 Å². The molecule has 1 aliphatic heterocycles. The monoisotopic (exact) mass is 293 g/mol. The fraction of sp³-hybridized carbons (Fsp3) is 0.375. The Hall–Kier alpha value is -2.68. The largest absolute Gasteiger partial charge is 0.334 e. The molecule has 1 saturated heterocycles. The number of hydrogen-bond acceptors (Lipinski definition) is 4. The smallest absolute Gasteiger partial charge is 0.254 e. The molecule has 22 heavy (non-hydrogen) atoms. The first kappa shape index (κ1) is 13.0. The molecular formula is C16H15N5O. The predicted molar refractivity (Wildman–Crippen MR) is 78.1 cm³/mol. The molecule has 2 aliphatic rings. The molecule has 110 valence electrons. The third-order valence-electron chi connectivity index (χ3n) is 4.31. The Morgan fingerprint density at radius 1 is 1.23 bits per heavy atom. The second-order valence-electron chi connectivity index (χ2n) is 5.95. The lowest BCUT2D eigenvalue weighted by molar-refractivity contribution is 0.0498. The third-order valence-corrected chi connectivity index (χ3v) is 4.31. The molecule has 1 aliphatic carbocycles. The minimum Gasteiger partial charge on any atom is -0.334 e. The van der Waals surface area contributed by atoms with E-state index in [2.05, 4.69) is 16.4 Å². The van der Waals surface area contributed by atoms with E-state index in [4.69, 9.17) is 5.26 Å². The predicted octanol–water partition coefficient (Wildman–Crippen LogP) is 1.72. The first-order valence-corrected chi connectivity index (χ1v) is 7.46. The van der Waals surface area contributed by atoms with Gasteiger partial charge in [-0.2, -0.15) is 5.26 Å². The number of amides is 1. The Morgan fingerprint density at radius 2 is 1.95 bits per heavy atom. The fourth-order valence-corrected chi connectivity index (χ4v) is 2.69. The highest BCUT2D eigenvalue weighted by molar-refractivity contribution is 5.94. The zero-order valence-electron chi connectivity index (χ0n) is 12.0.